The Balaban J connectivity index is 2.15. The molecule has 1 unspecified atom stereocenters. The Kier molecular flexibility index (Phi) is 6.98. The molecule has 1 saturated heterocycles. The lowest BCUT2D eigenvalue weighted by Gasteiger charge is -2.28. The number of quaternary nitrogens is 1. The third kappa shape index (κ3) is 4.96. The number of hydrogen-bond acceptors (Lipinski definition) is 4. The van der Waals surface area contributed by atoms with Gasteiger partial charge < -0.3 is 19.6 Å². The maximum Gasteiger partial charge on any atom is 0.295 e. The second kappa shape index (κ2) is 9.40. The van der Waals surface area contributed by atoms with E-state index in [1.54, 1.807) is 30.2 Å². The topological polar surface area (TPSA) is 74.1 Å². The highest BCUT2D eigenvalue weighted by Crippen LogP contribution is 2.39. The normalized spacial score (nSPS) is 18.3. The fourth-order valence-corrected chi connectivity index (χ4v) is 4.13. The van der Waals surface area contributed by atoms with Gasteiger partial charge >= 0.3 is 0 Å². The van der Waals surface area contributed by atoms with Crippen LogP contribution in [0.2, 0.25) is 0 Å². The molecule has 1 atom stereocenters. The molecule has 33 heavy (non-hydrogen) atoms. The monoisotopic (exact) mass is 450 g/mol. The number of likely N-dealkylation sites (tertiary alicyclic amines) is 1. The molecular weight excluding hydrogens is 416 g/mol. The number of ether oxygens (including phenoxy) is 1. The van der Waals surface area contributed by atoms with Crippen molar-refractivity contribution in [3.8, 4) is 5.75 Å². The molecule has 2 aromatic carbocycles. The molecule has 6 heteroatoms. The van der Waals surface area contributed by atoms with Crippen molar-refractivity contribution >= 4 is 17.4 Å². The van der Waals surface area contributed by atoms with Gasteiger partial charge in [-0.3, -0.25) is 9.59 Å². The van der Waals surface area contributed by atoms with E-state index in [0.29, 0.717) is 24.4 Å². The third-order valence-corrected chi connectivity index (χ3v) is 6.13. The lowest BCUT2D eigenvalue weighted by Crippen LogP contribution is -3.06. The van der Waals surface area contributed by atoms with E-state index in [-0.39, 0.29) is 11.0 Å². The maximum absolute atomic E-state index is 13.6. The Labute approximate surface area is 196 Å². The Morgan fingerprint density at radius 2 is 1.73 bits per heavy atom. The van der Waals surface area contributed by atoms with Gasteiger partial charge in [-0.15, -0.1) is 0 Å². The minimum Gasteiger partial charge on any atom is -0.872 e. The number of nitrogens with one attached hydrogen (secondary N) is 1. The molecule has 1 fully saturated rings. The van der Waals surface area contributed by atoms with Gasteiger partial charge in [-0.05, 0) is 46.7 Å². The van der Waals surface area contributed by atoms with E-state index in [2.05, 4.69) is 20.8 Å². The quantitative estimate of drug-likeness (QED) is 0.413. The van der Waals surface area contributed by atoms with Crippen LogP contribution in [0.3, 0.4) is 0 Å². The van der Waals surface area contributed by atoms with E-state index < -0.39 is 23.5 Å². The largest absolute Gasteiger partial charge is 0.872 e. The zero-order valence-corrected chi connectivity index (χ0v) is 20.6. The molecule has 1 amide bonds. The van der Waals surface area contributed by atoms with Crippen LogP contribution < -0.4 is 14.7 Å². The Hall–Kier alpha value is -3.12. The molecule has 3 rings (SSSR count). The molecular formula is C27H34N2O4. The second-order valence-electron chi connectivity index (χ2n) is 9.99. The number of aryl methyl sites for hydroxylation is 1. The van der Waals surface area contributed by atoms with E-state index in [1.165, 1.54) is 0 Å². The van der Waals surface area contributed by atoms with E-state index in [0.717, 1.165) is 21.6 Å². The van der Waals surface area contributed by atoms with E-state index in [9.17, 15) is 14.7 Å². The van der Waals surface area contributed by atoms with Crippen LogP contribution in [0.25, 0.3) is 5.76 Å². The zero-order chi connectivity index (χ0) is 24.5. The van der Waals surface area contributed by atoms with Crippen LogP contribution in [0.4, 0.5) is 0 Å². The summed E-state index contributed by atoms with van der Waals surface area (Å²) in [6.45, 7) is 9.28. The molecule has 0 aliphatic carbocycles. The summed E-state index contributed by atoms with van der Waals surface area (Å²) in [5.41, 5.74) is 3.06. The van der Waals surface area contributed by atoms with Crippen molar-refractivity contribution in [2.75, 3.05) is 34.3 Å². The number of amides is 1. The Bertz CT molecular complexity index is 1080. The number of ketones is 1. The van der Waals surface area contributed by atoms with Gasteiger partial charge in [0.1, 0.15) is 5.75 Å². The first kappa shape index (κ1) is 24.5. The number of carbonyl (C=O) groups excluding carboxylic acids is 2. The lowest BCUT2D eigenvalue weighted by molar-refractivity contribution is -0.857. The number of nitrogens with zero attached hydrogens (tertiary/aromatic N) is 1. The van der Waals surface area contributed by atoms with Crippen molar-refractivity contribution < 1.29 is 24.3 Å². The SMILES string of the molecule is COc1ccc(C([O-])=C2C(=O)C(=O)N(CC[NH+](C)C)C2c2ccc(C(C)(C)C)cc2)cc1C. The molecule has 1 aliphatic heterocycles. The van der Waals surface area contributed by atoms with Crippen molar-refractivity contribution in [2.24, 2.45) is 0 Å². The summed E-state index contributed by atoms with van der Waals surface area (Å²) >= 11 is 0. The van der Waals surface area contributed by atoms with Crippen molar-refractivity contribution in [1.29, 1.82) is 0 Å². The van der Waals surface area contributed by atoms with Crippen LogP contribution in [0.15, 0.2) is 48.0 Å². The standard InChI is InChI=1S/C27H34N2O4/c1-17-16-19(10-13-21(17)33-7)24(30)22-23(18-8-11-20(12-9-18)27(2,3)4)29(15-14-28(5)6)26(32)25(22)31/h8-13,16,23,30H,14-15H2,1-7H3. The van der Waals surface area contributed by atoms with Gasteiger partial charge in [0.15, 0.2) is 0 Å². The molecule has 0 aromatic heterocycles. The summed E-state index contributed by atoms with van der Waals surface area (Å²) in [4.78, 5) is 28.8. The molecule has 176 valence electrons. The number of methoxy groups -OCH3 is 1. The van der Waals surface area contributed by atoms with Gasteiger partial charge in [-0.1, -0.05) is 56.9 Å². The predicted molar refractivity (Wildman–Crippen MR) is 127 cm³/mol. The number of hydrogen-bond donors (Lipinski definition) is 1. The summed E-state index contributed by atoms with van der Waals surface area (Å²) in [7, 11) is 5.55. The first-order valence-electron chi connectivity index (χ1n) is 11.3. The highest BCUT2D eigenvalue weighted by atomic mass is 16.5. The maximum atomic E-state index is 13.6. The minimum absolute atomic E-state index is 0.0156. The third-order valence-electron chi connectivity index (χ3n) is 6.13. The van der Waals surface area contributed by atoms with Crippen molar-refractivity contribution in [1.82, 2.24) is 4.90 Å². The van der Waals surface area contributed by atoms with Crippen molar-refractivity contribution in [3.05, 3.63) is 70.3 Å². The summed E-state index contributed by atoms with van der Waals surface area (Å²) in [6, 6.07) is 12.2. The first-order chi connectivity index (χ1) is 15.5. The van der Waals surface area contributed by atoms with Crippen molar-refractivity contribution in [3.63, 3.8) is 0 Å². The van der Waals surface area contributed by atoms with Gasteiger partial charge in [0.25, 0.3) is 5.91 Å². The van der Waals surface area contributed by atoms with Crippen molar-refractivity contribution in [2.45, 2.75) is 39.2 Å². The molecule has 0 spiro atoms. The molecule has 1 aliphatic rings. The molecule has 2 aromatic rings. The molecule has 0 bridgehead atoms. The van der Waals surface area contributed by atoms with E-state index >= 15 is 0 Å². The van der Waals surface area contributed by atoms with Gasteiger partial charge in [0.2, 0.25) is 5.78 Å². The highest BCUT2D eigenvalue weighted by molar-refractivity contribution is 6.46. The summed E-state index contributed by atoms with van der Waals surface area (Å²) in [5, 5.41) is 13.6. The van der Waals surface area contributed by atoms with Gasteiger partial charge in [-0.25, -0.2) is 0 Å². The van der Waals surface area contributed by atoms with E-state index in [4.69, 9.17) is 4.74 Å². The fourth-order valence-electron chi connectivity index (χ4n) is 4.13. The number of likely N-dealkylation sites (N-methyl/N-ethyl adjacent to an activating group) is 1. The van der Waals surface area contributed by atoms with Crippen LogP contribution in [0, 0.1) is 6.92 Å². The average molecular weight is 451 g/mol. The van der Waals surface area contributed by atoms with E-state index in [1.807, 2.05) is 45.3 Å². The lowest BCUT2D eigenvalue weighted by atomic mass is 9.85. The number of Topliss-reactive ketones (excluding diaryl/α,β-unsaturated/α-hetero) is 1. The Morgan fingerprint density at radius 1 is 1.09 bits per heavy atom. The summed E-state index contributed by atoms with van der Waals surface area (Å²) in [5.74, 6) is -1.08. The number of carbonyl (C=O) groups is 2. The van der Waals surface area contributed by atoms with Crippen LogP contribution in [-0.4, -0.2) is 50.9 Å². The van der Waals surface area contributed by atoms with Crippen LogP contribution in [-0.2, 0) is 15.0 Å². The molecule has 1 heterocycles. The second-order valence-corrected chi connectivity index (χ2v) is 9.99. The predicted octanol–water partition coefficient (Wildman–Crippen LogP) is 1.67. The fraction of sp³-hybridized carbons (Fsp3) is 0.407. The molecule has 0 radical (unpaired) electrons. The van der Waals surface area contributed by atoms with Crippen LogP contribution in [0.5, 0.6) is 5.75 Å². The number of benzene rings is 2. The van der Waals surface area contributed by atoms with Gasteiger partial charge in [0.05, 0.1) is 40.3 Å². The molecule has 1 N–H and O–H groups in total. The Morgan fingerprint density at radius 3 is 2.24 bits per heavy atom. The molecule has 0 saturated carbocycles. The van der Waals surface area contributed by atoms with Gasteiger partial charge in [0, 0.05) is 5.57 Å². The summed E-state index contributed by atoms with van der Waals surface area (Å²) in [6.07, 6.45) is 0. The number of rotatable bonds is 6. The smallest absolute Gasteiger partial charge is 0.295 e. The van der Waals surface area contributed by atoms with Crippen LogP contribution >= 0.6 is 0 Å². The molecule has 6 nitrogen and oxygen atoms in total. The zero-order valence-electron chi connectivity index (χ0n) is 20.6. The van der Waals surface area contributed by atoms with Gasteiger partial charge in [-0.2, -0.15) is 0 Å². The minimum atomic E-state index is -0.716. The summed E-state index contributed by atoms with van der Waals surface area (Å²) < 4.78 is 5.29. The average Bonchev–Trinajstić information content (AvgIpc) is 3.01. The van der Waals surface area contributed by atoms with Crippen LogP contribution in [0.1, 0.15) is 49.1 Å². The first-order valence-corrected chi connectivity index (χ1v) is 11.3. The highest BCUT2D eigenvalue weighted by Gasteiger charge is 2.44.